The summed E-state index contributed by atoms with van der Waals surface area (Å²) >= 11 is 3.36. The highest BCUT2D eigenvalue weighted by molar-refractivity contribution is 9.10. The maximum Gasteiger partial charge on any atom is 0.309 e. The van der Waals surface area contributed by atoms with E-state index in [-0.39, 0.29) is 28.4 Å². The molecule has 0 amide bonds. The minimum atomic E-state index is -0.222. The number of methoxy groups -OCH3 is 1. The topological polar surface area (TPSA) is 43.4 Å². The van der Waals surface area contributed by atoms with Gasteiger partial charge in [-0.3, -0.25) is 9.59 Å². The van der Waals surface area contributed by atoms with Crippen LogP contribution in [0.5, 0.6) is 0 Å². The molecule has 13 heavy (non-hydrogen) atoms. The zero-order chi connectivity index (χ0) is 9.59. The minimum Gasteiger partial charge on any atom is -0.469 e. The predicted octanol–water partition coefficient (Wildman–Crippen LogP) is 1.15. The molecule has 2 saturated carbocycles. The third-order valence-corrected chi connectivity index (χ3v) is 4.35. The van der Waals surface area contributed by atoms with Crippen molar-refractivity contribution >= 4 is 27.7 Å². The van der Waals surface area contributed by atoms with Crippen LogP contribution in [0.4, 0.5) is 0 Å². The number of rotatable bonds is 1. The second-order valence-corrected chi connectivity index (χ2v) is 4.76. The fraction of sp³-hybridized carbons (Fsp3) is 0.778. The van der Waals surface area contributed by atoms with E-state index in [1.807, 2.05) is 0 Å². The Kier molecular flexibility index (Phi) is 2.18. The molecule has 0 N–H and O–H groups in total. The Labute approximate surface area is 85.0 Å². The molecule has 2 fully saturated rings. The number of fused-ring (bicyclic) bond motifs is 2. The molecular formula is C9H11BrO3. The first-order valence-corrected chi connectivity index (χ1v) is 5.32. The first-order valence-electron chi connectivity index (χ1n) is 4.40. The summed E-state index contributed by atoms with van der Waals surface area (Å²) in [5.74, 6) is 0.0617. The highest BCUT2D eigenvalue weighted by Gasteiger charge is 2.53. The summed E-state index contributed by atoms with van der Waals surface area (Å²) < 4.78 is 4.66. The van der Waals surface area contributed by atoms with Crippen molar-refractivity contribution in [3.05, 3.63) is 0 Å². The Morgan fingerprint density at radius 1 is 1.54 bits per heavy atom. The molecule has 0 aromatic heterocycles. The second-order valence-electron chi connectivity index (χ2n) is 3.77. The smallest absolute Gasteiger partial charge is 0.309 e. The standard InChI is InChI=1S/C9H11BrO3/c1-13-9(12)6-3-4-2-5(6)8(11)7(4)10/h4-7H,2-3H2,1H3/t4-,5-,6-,7+/m0/s1. The van der Waals surface area contributed by atoms with Crippen molar-refractivity contribution in [2.24, 2.45) is 17.8 Å². The van der Waals surface area contributed by atoms with Gasteiger partial charge in [0.2, 0.25) is 0 Å². The van der Waals surface area contributed by atoms with Gasteiger partial charge in [0.1, 0.15) is 0 Å². The van der Waals surface area contributed by atoms with E-state index in [1.165, 1.54) is 7.11 Å². The van der Waals surface area contributed by atoms with Gasteiger partial charge in [0.15, 0.2) is 5.78 Å². The summed E-state index contributed by atoms with van der Waals surface area (Å²) in [6.45, 7) is 0. The van der Waals surface area contributed by atoms with E-state index < -0.39 is 0 Å². The van der Waals surface area contributed by atoms with Gasteiger partial charge < -0.3 is 4.74 Å². The minimum absolute atomic E-state index is 0.0154. The van der Waals surface area contributed by atoms with Crippen LogP contribution in [-0.4, -0.2) is 23.7 Å². The van der Waals surface area contributed by atoms with E-state index in [2.05, 4.69) is 20.7 Å². The molecule has 0 saturated heterocycles. The molecule has 0 radical (unpaired) electrons. The first kappa shape index (κ1) is 9.19. The summed E-state index contributed by atoms with van der Waals surface area (Å²) in [6.07, 6.45) is 1.66. The lowest BCUT2D eigenvalue weighted by Crippen LogP contribution is -2.33. The van der Waals surface area contributed by atoms with Gasteiger partial charge in [0.25, 0.3) is 0 Å². The monoisotopic (exact) mass is 246 g/mol. The molecule has 2 aliphatic carbocycles. The molecule has 0 aromatic rings. The Morgan fingerprint density at radius 3 is 2.69 bits per heavy atom. The summed E-state index contributed by atoms with van der Waals surface area (Å²) in [4.78, 5) is 22.8. The van der Waals surface area contributed by atoms with Gasteiger partial charge in [-0.25, -0.2) is 0 Å². The molecule has 4 heteroatoms. The van der Waals surface area contributed by atoms with Crippen molar-refractivity contribution in [1.82, 2.24) is 0 Å². The summed E-state index contributed by atoms with van der Waals surface area (Å²) in [7, 11) is 1.38. The highest BCUT2D eigenvalue weighted by Crippen LogP contribution is 2.49. The molecule has 0 aromatic carbocycles. The third-order valence-electron chi connectivity index (χ3n) is 3.15. The Bertz CT molecular complexity index is 264. The maximum atomic E-state index is 11.5. The zero-order valence-corrected chi connectivity index (χ0v) is 8.91. The van der Waals surface area contributed by atoms with Gasteiger partial charge >= 0.3 is 5.97 Å². The summed E-state index contributed by atoms with van der Waals surface area (Å²) in [6, 6.07) is 0. The number of halogens is 1. The molecule has 0 spiro atoms. The molecule has 0 aliphatic heterocycles. The number of carbonyl (C=O) groups is 2. The number of ketones is 1. The van der Waals surface area contributed by atoms with Gasteiger partial charge in [-0.05, 0) is 18.8 Å². The van der Waals surface area contributed by atoms with Crippen LogP contribution in [0.25, 0.3) is 0 Å². The highest BCUT2D eigenvalue weighted by atomic mass is 79.9. The van der Waals surface area contributed by atoms with E-state index in [4.69, 9.17) is 0 Å². The number of hydrogen-bond donors (Lipinski definition) is 0. The number of esters is 1. The number of hydrogen-bond acceptors (Lipinski definition) is 3. The zero-order valence-electron chi connectivity index (χ0n) is 7.33. The van der Waals surface area contributed by atoms with Gasteiger partial charge in [-0.1, -0.05) is 15.9 Å². The fourth-order valence-corrected chi connectivity index (χ4v) is 3.25. The average molecular weight is 247 g/mol. The number of Topliss-reactive ketones (excluding diaryl/α,β-unsaturated/α-hetero) is 1. The van der Waals surface area contributed by atoms with Crippen molar-refractivity contribution in [2.45, 2.75) is 17.7 Å². The van der Waals surface area contributed by atoms with Gasteiger partial charge in [-0.15, -0.1) is 0 Å². The molecule has 2 aliphatic rings. The lowest BCUT2D eigenvalue weighted by atomic mass is 9.88. The average Bonchev–Trinajstić information content (AvgIpc) is 2.67. The van der Waals surface area contributed by atoms with Crippen LogP contribution in [0.15, 0.2) is 0 Å². The van der Waals surface area contributed by atoms with Gasteiger partial charge in [0, 0.05) is 5.92 Å². The SMILES string of the molecule is COC(=O)[C@H]1C[C@@H]2C[C@@H]1C(=O)[C@@H]2Br. The molecule has 0 heterocycles. The van der Waals surface area contributed by atoms with Crippen LogP contribution >= 0.6 is 15.9 Å². The molecule has 2 bridgehead atoms. The van der Waals surface area contributed by atoms with Crippen molar-refractivity contribution in [3.8, 4) is 0 Å². The van der Waals surface area contributed by atoms with Crippen molar-refractivity contribution in [3.63, 3.8) is 0 Å². The first-order chi connectivity index (χ1) is 6.15. The summed E-state index contributed by atoms with van der Waals surface area (Å²) in [5, 5.41) is 0. The van der Waals surface area contributed by atoms with Crippen LogP contribution in [0.2, 0.25) is 0 Å². The third kappa shape index (κ3) is 1.23. The van der Waals surface area contributed by atoms with Crippen molar-refractivity contribution in [2.75, 3.05) is 7.11 Å². The molecule has 72 valence electrons. The lowest BCUT2D eigenvalue weighted by Gasteiger charge is -2.21. The van der Waals surface area contributed by atoms with Crippen LogP contribution in [-0.2, 0) is 14.3 Å². The predicted molar refractivity (Wildman–Crippen MR) is 49.4 cm³/mol. The quantitative estimate of drug-likeness (QED) is 0.515. The Balaban J connectivity index is 2.14. The van der Waals surface area contributed by atoms with Gasteiger partial charge in [0.05, 0.1) is 17.9 Å². The van der Waals surface area contributed by atoms with E-state index in [1.54, 1.807) is 0 Å². The van der Waals surface area contributed by atoms with Crippen LogP contribution in [0.3, 0.4) is 0 Å². The van der Waals surface area contributed by atoms with Crippen LogP contribution < -0.4 is 0 Å². The van der Waals surface area contributed by atoms with E-state index in [0.29, 0.717) is 5.92 Å². The number of ether oxygens (including phenoxy) is 1. The van der Waals surface area contributed by atoms with Crippen LogP contribution in [0.1, 0.15) is 12.8 Å². The van der Waals surface area contributed by atoms with E-state index in [9.17, 15) is 9.59 Å². The van der Waals surface area contributed by atoms with Gasteiger partial charge in [-0.2, -0.15) is 0 Å². The van der Waals surface area contributed by atoms with E-state index in [0.717, 1.165) is 12.8 Å². The molecule has 0 unspecified atom stereocenters. The second kappa shape index (κ2) is 3.08. The number of carbonyl (C=O) groups excluding carboxylic acids is 2. The molecule has 2 rings (SSSR count). The molecule has 3 nitrogen and oxygen atoms in total. The van der Waals surface area contributed by atoms with E-state index >= 15 is 0 Å². The molecular weight excluding hydrogens is 236 g/mol. The van der Waals surface area contributed by atoms with Crippen LogP contribution in [0, 0.1) is 17.8 Å². The largest absolute Gasteiger partial charge is 0.469 e. The number of alkyl halides is 1. The normalized spacial score (nSPS) is 42.5. The van der Waals surface area contributed by atoms with Crippen molar-refractivity contribution < 1.29 is 14.3 Å². The Morgan fingerprint density at radius 2 is 2.23 bits per heavy atom. The Hall–Kier alpha value is -0.380. The molecule has 4 atom stereocenters. The van der Waals surface area contributed by atoms with Crippen molar-refractivity contribution in [1.29, 1.82) is 0 Å². The fourth-order valence-electron chi connectivity index (χ4n) is 2.48. The lowest BCUT2D eigenvalue weighted by molar-refractivity contribution is -0.149. The maximum absolute atomic E-state index is 11.5. The summed E-state index contributed by atoms with van der Waals surface area (Å²) in [5.41, 5.74) is 0.